The fourth-order valence-electron chi connectivity index (χ4n) is 1.37. The van der Waals surface area contributed by atoms with Crippen molar-refractivity contribution in [3.05, 3.63) is 29.8 Å². The molecule has 2 nitrogen and oxygen atoms in total. The van der Waals surface area contributed by atoms with Gasteiger partial charge in [-0.1, -0.05) is 19.1 Å². The molecule has 0 aliphatic heterocycles. The largest absolute Gasteiger partial charge is 0.491 e. The summed E-state index contributed by atoms with van der Waals surface area (Å²) < 4.78 is 11.0. The van der Waals surface area contributed by atoms with Crippen LogP contribution in [0.1, 0.15) is 26.3 Å². The summed E-state index contributed by atoms with van der Waals surface area (Å²) in [5.41, 5.74) is 1.33. The Kier molecular flexibility index (Phi) is 5.19. The van der Waals surface area contributed by atoms with E-state index < -0.39 is 0 Å². The topological polar surface area (TPSA) is 18.5 Å². The fourth-order valence-corrected chi connectivity index (χ4v) is 1.37. The molecule has 1 aromatic rings. The predicted octanol–water partition coefficient (Wildman–Crippen LogP) is 3.05. The van der Waals surface area contributed by atoms with Crippen molar-refractivity contribution in [2.75, 3.05) is 13.2 Å². The molecule has 0 aromatic heterocycles. The molecule has 0 amide bonds. The first-order valence-electron chi connectivity index (χ1n) is 5.59. The van der Waals surface area contributed by atoms with Gasteiger partial charge in [0.05, 0.1) is 6.10 Å². The second-order valence-corrected chi connectivity index (χ2v) is 3.57. The van der Waals surface area contributed by atoms with E-state index in [1.165, 1.54) is 5.56 Å². The molecule has 1 rings (SSSR count). The van der Waals surface area contributed by atoms with Crippen LogP contribution >= 0.6 is 0 Å². The van der Waals surface area contributed by atoms with Gasteiger partial charge in [0.15, 0.2) is 0 Å². The Balaban J connectivity index is 2.37. The highest BCUT2D eigenvalue weighted by molar-refractivity contribution is 5.27. The summed E-state index contributed by atoms with van der Waals surface area (Å²) in [6.07, 6.45) is 1.22. The molecule has 0 heterocycles. The molecule has 0 saturated heterocycles. The van der Waals surface area contributed by atoms with Gasteiger partial charge >= 0.3 is 0 Å². The second kappa shape index (κ2) is 6.46. The van der Waals surface area contributed by atoms with E-state index in [1.54, 1.807) is 0 Å². The van der Waals surface area contributed by atoms with Gasteiger partial charge < -0.3 is 9.47 Å². The summed E-state index contributed by atoms with van der Waals surface area (Å²) in [5.74, 6) is 0.916. The van der Waals surface area contributed by atoms with Crippen LogP contribution in [-0.4, -0.2) is 19.3 Å². The molecule has 1 atom stereocenters. The van der Waals surface area contributed by atoms with Crippen LogP contribution in [0, 0.1) is 0 Å². The van der Waals surface area contributed by atoms with E-state index in [9.17, 15) is 0 Å². The summed E-state index contributed by atoms with van der Waals surface area (Å²) in [6, 6.07) is 8.22. The predicted molar refractivity (Wildman–Crippen MR) is 62.4 cm³/mol. The van der Waals surface area contributed by atoms with Crippen molar-refractivity contribution in [2.45, 2.75) is 33.3 Å². The van der Waals surface area contributed by atoms with Crippen molar-refractivity contribution in [2.24, 2.45) is 0 Å². The van der Waals surface area contributed by atoms with E-state index in [0.29, 0.717) is 6.61 Å². The van der Waals surface area contributed by atoms with Crippen molar-refractivity contribution >= 4 is 0 Å². The highest BCUT2D eigenvalue weighted by atomic mass is 16.5. The lowest BCUT2D eigenvalue weighted by molar-refractivity contribution is 0.0402. The van der Waals surface area contributed by atoms with Gasteiger partial charge in [-0.25, -0.2) is 0 Å². The Morgan fingerprint density at radius 3 is 2.33 bits per heavy atom. The zero-order valence-corrected chi connectivity index (χ0v) is 9.82. The highest BCUT2D eigenvalue weighted by Gasteiger charge is 2.01. The van der Waals surface area contributed by atoms with Crippen molar-refractivity contribution in [1.82, 2.24) is 0 Å². The highest BCUT2D eigenvalue weighted by Crippen LogP contribution is 2.12. The zero-order valence-electron chi connectivity index (χ0n) is 9.82. The van der Waals surface area contributed by atoms with Gasteiger partial charge in [-0.2, -0.15) is 0 Å². The first kappa shape index (κ1) is 12.1. The third-order valence-corrected chi connectivity index (χ3v) is 2.27. The lowest BCUT2D eigenvalue weighted by atomic mass is 10.2. The van der Waals surface area contributed by atoms with Crippen LogP contribution in [0.25, 0.3) is 0 Å². The van der Waals surface area contributed by atoms with Gasteiger partial charge in [-0.3, -0.25) is 0 Å². The van der Waals surface area contributed by atoms with Gasteiger partial charge in [-0.05, 0) is 38.0 Å². The molecule has 0 fully saturated rings. The number of benzene rings is 1. The molecule has 2 heteroatoms. The maximum Gasteiger partial charge on any atom is 0.119 e. The monoisotopic (exact) mass is 208 g/mol. The summed E-state index contributed by atoms with van der Waals surface area (Å²) in [4.78, 5) is 0. The third kappa shape index (κ3) is 4.34. The van der Waals surface area contributed by atoms with Crippen molar-refractivity contribution in [1.29, 1.82) is 0 Å². The van der Waals surface area contributed by atoms with Crippen molar-refractivity contribution in [3.8, 4) is 5.75 Å². The Labute approximate surface area is 92.2 Å². The van der Waals surface area contributed by atoms with Crippen LogP contribution in [0.2, 0.25) is 0 Å². The molecule has 1 unspecified atom stereocenters. The van der Waals surface area contributed by atoms with E-state index in [0.717, 1.165) is 18.8 Å². The number of ether oxygens (including phenoxy) is 2. The van der Waals surface area contributed by atoms with Crippen molar-refractivity contribution < 1.29 is 9.47 Å². The number of hydrogen-bond acceptors (Lipinski definition) is 2. The lowest BCUT2D eigenvalue weighted by Crippen LogP contribution is -2.17. The molecule has 0 saturated carbocycles. The number of rotatable bonds is 6. The van der Waals surface area contributed by atoms with Crippen LogP contribution in [0.3, 0.4) is 0 Å². The van der Waals surface area contributed by atoms with Crippen LogP contribution in [0.15, 0.2) is 24.3 Å². The number of aryl methyl sites for hydroxylation is 1. The molecule has 84 valence electrons. The number of hydrogen-bond donors (Lipinski definition) is 0. The standard InChI is InChI=1S/C13H20O2/c1-4-12-6-8-13(9-7-12)15-10-11(3)14-5-2/h6-9,11H,4-5,10H2,1-3H3. The molecule has 0 spiro atoms. The molecule has 0 N–H and O–H groups in total. The van der Waals surface area contributed by atoms with Gasteiger partial charge in [0.2, 0.25) is 0 Å². The average molecular weight is 208 g/mol. The molecule has 0 aliphatic carbocycles. The smallest absolute Gasteiger partial charge is 0.119 e. The normalized spacial score (nSPS) is 12.5. The van der Waals surface area contributed by atoms with E-state index >= 15 is 0 Å². The summed E-state index contributed by atoms with van der Waals surface area (Å²) in [7, 11) is 0. The molecule has 0 aliphatic rings. The molecule has 15 heavy (non-hydrogen) atoms. The van der Waals surface area contributed by atoms with E-state index in [2.05, 4.69) is 19.1 Å². The van der Waals surface area contributed by atoms with Gasteiger partial charge in [0, 0.05) is 6.61 Å². The Morgan fingerprint density at radius 1 is 1.13 bits per heavy atom. The van der Waals surface area contributed by atoms with E-state index in [4.69, 9.17) is 9.47 Å². The van der Waals surface area contributed by atoms with Crippen LogP contribution in [-0.2, 0) is 11.2 Å². The van der Waals surface area contributed by atoms with Crippen LogP contribution < -0.4 is 4.74 Å². The van der Waals surface area contributed by atoms with Gasteiger partial charge in [0.1, 0.15) is 12.4 Å². The molecule has 0 radical (unpaired) electrons. The molecular weight excluding hydrogens is 188 g/mol. The first-order valence-corrected chi connectivity index (χ1v) is 5.59. The Bertz CT molecular complexity index is 266. The minimum atomic E-state index is 0.154. The minimum Gasteiger partial charge on any atom is -0.491 e. The Morgan fingerprint density at radius 2 is 1.80 bits per heavy atom. The second-order valence-electron chi connectivity index (χ2n) is 3.57. The van der Waals surface area contributed by atoms with E-state index in [-0.39, 0.29) is 6.10 Å². The summed E-state index contributed by atoms with van der Waals surface area (Å²) >= 11 is 0. The quantitative estimate of drug-likeness (QED) is 0.715. The molecular formula is C13H20O2. The Hall–Kier alpha value is -1.02. The lowest BCUT2D eigenvalue weighted by Gasteiger charge is -2.13. The van der Waals surface area contributed by atoms with Gasteiger partial charge in [0.25, 0.3) is 0 Å². The SMILES string of the molecule is CCOC(C)COc1ccc(CC)cc1. The zero-order chi connectivity index (χ0) is 11.1. The maximum atomic E-state index is 5.59. The van der Waals surface area contributed by atoms with Crippen LogP contribution in [0.4, 0.5) is 0 Å². The van der Waals surface area contributed by atoms with Gasteiger partial charge in [-0.15, -0.1) is 0 Å². The first-order chi connectivity index (χ1) is 7.26. The molecule has 0 bridgehead atoms. The fraction of sp³-hybridized carbons (Fsp3) is 0.538. The summed E-state index contributed by atoms with van der Waals surface area (Å²) in [5, 5.41) is 0. The van der Waals surface area contributed by atoms with Crippen LogP contribution in [0.5, 0.6) is 5.75 Å². The van der Waals surface area contributed by atoms with E-state index in [1.807, 2.05) is 26.0 Å². The average Bonchev–Trinajstić information content (AvgIpc) is 2.27. The maximum absolute atomic E-state index is 5.59. The molecule has 1 aromatic carbocycles. The third-order valence-electron chi connectivity index (χ3n) is 2.27. The minimum absolute atomic E-state index is 0.154. The van der Waals surface area contributed by atoms with Crippen molar-refractivity contribution in [3.63, 3.8) is 0 Å². The summed E-state index contributed by atoms with van der Waals surface area (Å²) in [6.45, 7) is 7.50.